The minimum absolute atomic E-state index is 0.878. The lowest BCUT2D eigenvalue weighted by molar-refractivity contribution is 0.00989. The first-order chi connectivity index (χ1) is 11.4. The molecule has 5 fully saturated rings. The van der Waals surface area contributed by atoms with Gasteiger partial charge in [-0.3, -0.25) is 0 Å². The van der Waals surface area contributed by atoms with Crippen molar-refractivity contribution in [2.75, 3.05) is 6.54 Å². The molecule has 118 valence electrons. The summed E-state index contributed by atoms with van der Waals surface area (Å²) in [6, 6.07) is 9.59. The van der Waals surface area contributed by atoms with Crippen molar-refractivity contribution in [3.8, 4) is 0 Å². The zero-order chi connectivity index (χ0) is 14.7. The standard InChI is InChI=1S/C21H24N2/c1-2-4-16-11(3-1)10(9-23-16)5-6-22-21-18-13-8-14-17-12(13)7-15(18)19(17)20(14)21/h1-4,9,12-15,17-23H,5-8H2/t12-,13-,14-,15+,17+,18+,19-,20+,21+/m1/s1. The summed E-state index contributed by atoms with van der Waals surface area (Å²) >= 11 is 0. The first kappa shape index (κ1) is 12.1. The van der Waals surface area contributed by atoms with Gasteiger partial charge in [-0.25, -0.2) is 0 Å². The van der Waals surface area contributed by atoms with Crippen molar-refractivity contribution < 1.29 is 0 Å². The van der Waals surface area contributed by atoms with E-state index < -0.39 is 0 Å². The third kappa shape index (κ3) is 1.23. The topological polar surface area (TPSA) is 27.8 Å². The van der Waals surface area contributed by atoms with Crippen molar-refractivity contribution >= 4 is 10.9 Å². The zero-order valence-corrected chi connectivity index (χ0v) is 13.4. The van der Waals surface area contributed by atoms with Gasteiger partial charge in [0.15, 0.2) is 0 Å². The molecule has 5 aliphatic carbocycles. The molecule has 0 radical (unpaired) electrons. The van der Waals surface area contributed by atoms with Crippen LogP contribution in [-0.2, 0) is 6.42 Å². The lowest BCUT2D eigenvalue weighted by Gasteiger charge is -2.48. The van der Waals surface area contributed by atoms with E-state index in [-0.39, 0.29) is 0 Å². The summed E-state index contributed by atoms with van der Waals surface area (Å²) in [6.07, 6.45) is 6.60. The van der Waals surface area contributed by atoms with Gasteiger partial charge in [-0.1, -0.05) is 18.2 Å². The number of hydrogen-bond donors (Lipinski definition) is 2. The number of rotatable bonds is 4. The molecular weight excluding hydrogens is 280 g/mol. The van der Waals surface area contributed by atoms with Crippen LogP contribution in [0, 0.1) is 47.3 Å². The van der Waals surface area contributed by atoms with Gasteiger partial charge < -0.3 is 10.3 Å². The minimum Gasteiger partial charge on any atom is -0.361 e. The fourth-order valence-electron chi connectivity index (χ4n) is 8.46. The molecule has 0 unspecified atom stereocenters. The molecule has 1 aromatic heterocycles. The minimum atomic E-state index is 0.878. The van der Waals surface area contributed by atoms with E-state index >= 15 is 0 Å². The van der Waals surface area contributed by atoms with Gasteiger partial charge in [-0.15, -0.1) is 0 Å². The highest BCUT2D eigenvalue weighted by Gasteiger charge is 2.80. The van der Waals surface area contributed by atoms with Crippen molar-refractivity contribution in [3.05, 3.63) is 36.0 Å². The van der Waals surface area contributed by atoms with Gasteiger partial charge in [0.05, 0.1) is 0 Å². The highest BCUT2D eigenvalue weighted by atomic mass is 15.0. The number of fused-ring (bicyclic) bond motifs is 3. The second-order valence-electron chi connectivity index (χ2n) is 9.03. The summed E-state index contributed by atoms with van der Waals surface area (Å²) in [7, 11) is 0. The smallest absolute Gasteiger partial charge is 0.0456 e. The third-order valence-corrected chi connectivity index (χ3v) is 8.77. The number of hydrogen-bond acceptors (Lipinski definition) is 1. The molecule has 1 heterocycles. The molecule has 0 saturated heterocycles. The Hall–Kier alpha value is -1.28. The van der Waals surface area contributed by atoms with E-state index in [0.717, 1.165) is 60.4 Å². The van der Waals surface area contributed by atoms with Crippen LogP contribution in [0.5, 0.6) is 0 Å². The number of nitrogens with one attached hydrogen (secondary N) is 2. The maximum absolute atomic E-state index is 4.05. The van der Waals surface area contributed by atoms with Crippen LogP contribution in [0.4, 0.5) is 0 Å². The molecule has 7 rings (SSSR count). The first-order valence-electron chi connectivity index (χ1n) is 9.70. The first-order valence-corrected chi connectivity index (χ1v) is 9.70. The van der Waals surface area contributed by atoms with Crippen molar-refractivity contribution in [2.45, 2.75) is 25.3 Å². The van der Waals surface area contributed by atoms with Crippen LogP contribution in [0.25, 0.3) is 10.9 Å². The van der Waals surface area contributed by atoms with Crippen molar-refractivity contribution in [2.24, 2.45) is 47.3 Å². The Kier molecular flexibility index (Phi) is 2.03. The summed E-state index contributed by atoms with van der Waals surface area (Å²) in [6.45, 7) is 1.16. The molecule has 2 bridgehead atoms. The van der Waals surface area contributed by atoms with Gasteiger partial charge in [0.25, 0.3) is 0 Å². The summed E-state index contributed by atoms with van der Waals surface area (Å²) in [5, 5.41) is 5.46. The van der Waals surface area contributed by atoms with Crippen molar-refractivity contribution in [3.63, 3.8) is 0 Å². The number of benzene rings is 1. The van der Waals surface area contributed by atoms with Gasteiger partial charge in [-0.2, -0.15) is 0 Å². The number of aromatic nitrogens is 1. The van der Waals surface area contributed by atoms with Crippen molar-refractivity contribution in [1.29, 1.82) is 0 Å². The monoisotopic (exact) mass is 304 g/mol. The predicted molar refractivity (Wildman–Crippen MR) is 90.9 cm³/mol. The van der Waals surface area contributed by atoms with Crippen LogP contribution in [0.2, 0.25) is 0 Å². The second kappa shape index (κ2) is 3.85. The quantitative estimate of drug-likeness (QED) is 0.889. The van der Waals surface area contributed by atoms with Crippen LogP contribution < -0.4 is 5.32 Å². The van der Waals surface area contributed by atoms with Crippen molar-refractivity contribution in [1.82, 2.24) is 10.3 Å². The molecule has 2 nitrogen and oxygen atoms in total. The molecule has 0 spiro atoms. The molecule has 5 saturated carbocycles. The van der Waals surface area contributed by atoms with E-state index in [1.807, 2.05) is 0 Å². The van der Waals surface area contributed by atoms with E-state index in [1.54, 1.807) is 12.8 Å². The Morgan fingerprint density at radius 1 is 0.913 bits per heavy atom. The lowest BCUT2D eigenvalue weighted by Crippen LogP contribution is -2.51. The normalized spacial score (nSPS) is 50.3. The Labute approximate surface area is 137 Å². The average Bonchev–Trinajstić information content (AvgIpc) is 3.22. The summed E-state index contributed by atoms with van der Waals surface area (Å²) < 4.78 is 0. The van der Waals surface area contributed by atoms with Gasteiger partial charge in [-0.05, 0) is 84.8 Å². The fraction of sp³-hybridized carbons (Fsp3) is 0.619. The van der Waals surface area contributed by atoms with E-state index in [0.29, 0.717) is 0 Å². The largest absolute Gasteiger partial charge is 0.361 e. The van der Waals surface area contributed by atoms with E-state index in [4.69, 9.17) is 0 Å². The van der Waals surface area contributed by atoms with Crippen LogP contribution >= 0.6 is 0 Å². The maximum atomic E-state index is 4.05. The Bertz CT molecular complexity index is 801. The van der Waals surface area contributed by atoms with Crippen LogP contribution in [-0.4, -0.2) is 17.6 Å². The van der Waals surface area contributed by atoms with E-state index in [2.05, 4.69) is 40.8 Å². The van der Waals surface area contributed by atoms with Gasteiger partial charge in [0.1, 0.15) is 0 Å². The predicted octanol–water partition coefficient (Wildman–Crippen LogP) is 3.45. The Morgan fingerprint density at radius 3 is 2.70 bits per heavy atom. The third-order valence-electron chi connectivity index (χ3n) is 8.77. The Balaban J connectivity index is 1.11. The van der Waals surface area contributed by atoms with Crippen LogP contribution in [0.3, 0.4) is 0 Å². The van der Waals surface area contributed by atoms with Gasteiger partial charge >= 0.3 is 0 Å². The Morgan fingerprint density at radius 2 is 1.74 bits per heavy atom. The molecule has 1 aromatic carbocycles. The molecule has 2 heteroatoms. The molecule has 0 aliphatic heterocycles. The van der Waals surface area contributed by atoms with Gasteiger partial charge in [0, 0.05) is 23.1 Å². The highest BCUT2D eigenvalue weighted by molar-refractivity contribution is 5.83. The fourth-order valence-corrected chi connectivity index (χ4v) is 8.46. The van der Waals surface area contributed by atoms with Gasteiger partial charge in [0.2, 0.25) is 0 Å². The van der Waals surface area contributed by atoms with E-state index in [9.17, 15) is 0 Å². The number of aromatic amines is 1. The zero-order valence-electron chi connectivity index (χ0n) is 13.4. The number of H-pyrrole nitrogens is 1. The number of para-hydroxylation sites is 1. The molecule has 9 atom stereocenters. The lowest BCUT2D eigenvalue weighted by atomic mass is 9.59. The molecule has 2 aromatic rings. The summed E-state index contributed by atoms with van der Waals surface area (Å²) in [5.74, 6) is 9.02. The summed E-state index contributed by atoms with van der Waals surface area (Å²) in [5.41, 5.74) is 2.76. The summed E-state index contributed by atoms with van der Waals surface area (Å²) in [4.78, 5) is 3.42. The molecule has 0 amide bonds. The van der Waals surface area contributed by atoms with Crippen LogP contribution in [0.1, 0.15) is 18.4 Å². The molecule has 23 heavy (non-hydrogen) atoms. The van der Waals surface area contributed by atoms with Crippen LogP contribution in [0.15, 0.2) is 30.5 Å². The maximum Gasteiger partial charge on any atom is 0.0456 e. The molecular formula is C21H24N2. The average molecular weight is 304 g/mol. The SMILES string of the molecule is c1ccc2c(CCN[C@H]3[C@H]4[C@@H]5C[C@@H]6[C@@H]7[C@@H]5C[C@@H]4[C@H]7[C@H]63)c[nH]c2c1. The van der Waals surface area contributed by atoms with E-state index in [1.165, 1.54) is 22.4 Å². The molecule has 5 aliphatic rings. The molecule has 2 N–H and O–H groups in total. The highest BCUT2D eigenvalue weighted by Crippen LogP contribution is 2.82. The second-order valence-corrected chi connectivity index (χ2v) is 9.03.